The van der Waals surface area contributed by atoms with Crippen molar-refractivity contribution >= 4 is 31.9 Å². The van der Waals surface area contributed by atoms with Gasteiger partial charge in [0.15, 0.2) is 0 Å². The fourth-order valence-corrected chi connectivity index (χ4v) is 4.00. The van der Waals surface area contributed by atoms with Crippen molar-refractivity contribution in [3.8, 4) is 0 Å². The van der Waals surface area contributed by atoms with Crippen LogP contribution in [0.4, 0.5) is 4.39 Å². The first-order valence-corrected chi connectivity index (χ1v) is 9.64. The number of halogens is 2. The molecule has 8 heteroatoms. The predicted octanol–water partition coefficient (Wildman–Crippen LogP) is 3.33. The van der Waals surface area contributed by atoms with E-state index in [9.17, 15) is 17.6 Å². The topological polar surface area (TPSA) is 66.5 Å². The number of sulfonamides is 1. The van der Waals surface area contributed by atoms with Crippen molar-refractivity contribution in [2.45, 2.75) is 17.9 Å². The molecule has 0 saturated heterocycles. The van der Waals surface area contributed by atoms with Crippen LogP contribution in [0.25, 0.3) is 0 Å². The number of benzene rings is 2. The molecular weight excluding hydrogens is 411 g/mol. The average molecular weight is 429 g/mol. The van der Waals surface area contributed by atoms with E-state index in [0.29, 0.717) is 4.47 Å². The molecule has 0 fully saturated rings. The van der Waals surface area contributed by atoms with Gasteiger partial charge in [-0.1, -0.05) is 12.1 Å². The largest absolute Gasteiger partial charge is 0.346 e. The van der Waals surface area contributed by atoms with Gasteiger partial charge in [-0.15, -0.1) is 0 Å². The van der Waals surface area contributed by atoms with Gasteiger partial charge in [-0.2, -0.15) is 0 Å². The standard InChI is InChI=1S/C17H18BrFN2O3S/c1-11(12-4-7-14(19)8-5-12)20-17(22)13-6-9-15(18)16(10-13)25(23,24)21(2)3/h4-11H,1-3H3,(H,20,22)/t11-/m1/s1. The third-order valence-electron chi connectivity index (χ3n) is 3.67. The Morgan fingerprint density at radius 2 is 1.76 bits per heavy atom. The minimum Gasteiger partial charge on any atom is -0.346 e. The van der Waals surface area contributed by atoms with Crippen LogP contribution in [-0.4, -0.2) is 32.7 Å². The van der Waals surface area contributed by atoms with Gasteiger partial charge in [0.2, 0.25) is 10.0 Å². The molecule has 134 valence electrons. The van der Waals surface area contributed by atoms with Crippen LogP contribution in [0.1, 0.15) is 28.9 Å². The molecule has 0 aromatic heterocycles. The van der Waals surface area contributed by atoms with Crippen LogP contribution in [0, 0.1) is 5.82 Å². The van der Waals surface area contributed by atoms with Gasteiger partial charge >= 0.3 is 0 Å². The highest BCUT2D eigenvalue weighted by atomic mass is 79.9. The Balaban J connectivity index is 2.27. The Hall–Kier alpha value is -1.77. The number of hydrogen-bond donors (Lipinski definition) is 1. The summed E-state index contributed by atoms with van der Waals surface area (Å²) in [5.41, 5.74) is 0.964. The molecule has 1 atom stereocenters. The maximum Gasteiger partial charge on any atom is 0.251 e. The van der Waals surface area contributed by atoms with E-state index in [2.05, 4.69) is 21.2 Å². The molecule has 0 aliphatic heterocycles. The lowest BCUT2D eigenvalue weighted by Crippen LogP contribution is -2.27. The number of hydrogen-bond acceptors (Lipinski definition) is 3. The summed E-state index contributed by atoms with van der Waals surface area (Å²) in [5, 5.41) is 2.77. The molecule has 2 aromatic carbocycles. The Labute approximate surface area is 155 Å². The zero-order valence-corrected chi connectivity index (χ0v) is 16.4. The number of nitrogens with zero attached hydrogens (tertiary/aromatic N) is 1. The molecule has 0 heterocycles. The first kappa shape index (κ1) is 19.6. The summed E-state index contributed by atoms with van der Waals surface area (Å²) in [5.74, 6) is -0.770. The van der Waals surface area contributed by atoms with Gasteiger partial charge in [0.05, 0.1) is 10.9 Å². The second-order valence-corrected chi connectivity index (χ2v) is 8.65. The van der Waals surface area contributed by atoms with Crippen molar-refractivity contribution < 1.29 is 17.6 Å². The Morgan fingerprint density at radius 3 is 2.32 bits per heavy atom. The molecule has 0 aliphatic rings. The maximum atomic E-state index is 13.0. The summed E-state index contributed by atoms with van der Waals surface area (Å²) in [6, 6.07) is 9.84. The van der Waals surface area contributed by atoms with Crippen LogP contribution in [0.15, 0.2) is 51.8 Å². The van der Waals surface area contributed by atoms with Crippen molar-refractivity contribution in [3.63, 3.8) is 0 Å². The van der Waals surface area contributed by atoms with Gasteiger partial charge in [-0.05, 0) is 58.7 Å². The quantitative estimate of drug-likeness (QED) is 0.793. The molecule has 2 aromatic rings. The van der Waals surface area contributed by atoms with Gasteiger partial charge in [0.1, 0.15) is 5.82 Å². The average Bonchev–Trinajstić information content (AvgIpc) is 2.55. The van der Waals surface area contributed by atoms with E-state index < -0.39 is 15.9 Å². The minimum atomic E-state index is -3.68. The van der Waals surface area contributed by atoms with E-state index in [1.165, 1.54) is 44.4 Å². The van der Waals surface area contributed by atoms with Crippen LogP contribution >= 0.6 is 15.9 Å². The highest BCUT2D eigenvalue weighted by Crippen LogP contribution is 2.25. The molecule has 0 aliphatic carbocycles. The van der Waals surface area contributed by atoms with Gasteiger partial charge in [-0.3, -0.25) is 4.79 Å². The molecule has 0 spiro atoms. The molecule has 0 bridgehead atoms. The van der Waals surface area contributed by atoms with E-state index in [4.69, 9.17) is 0 Å². The van der Waals surface area contributed by atoms with Crippen LogP contribution in [0.2, 0.25) is 0 Å². The maximum absolute atomic E-state index is 13.0. The number of carbonyl (C=O) groups is 1. The summed E-state index contributed by atoms with van der Waals surface area (Å²) in [4.78, 5) is 12.5. The van der Waals surface area contributed by atoms with Crippen LogP contribution in [-0.2, 0) is 10.0 Å². The Morgan fingerprint density at radius 1 is 1.16 bits per heavy atom. The highest BCUT2D eigenvalue weighted by Gasteiger charge is 2.22. The van der Waals surface area contributed by atoms with Crippen molar-refractivity contribution in [1.82, 2.24) is 9.62 Å². The third kappa shape index (κ3) is 4.45. The lowest BCUT2D eigenvalue weighted by atomic mass is 10.1. The lowest BCUT2D eigenvalue weighted by Gasteiger charge is -2.16. The van der Waals surface area contributed by atoms with Crippen LogP contribution < -0.4 is 5.32 Å². The molecular formula is C17H18BrFN2O3S. The Kier molecular flexibility index (Phi) is 5.97. The normalized spacial score (nSPS) is 12.9. The molecule has 1 N–H and O–H groups in total. The monoisotopic (exact) mass is 428 g/mol. The summed E-state index contributed by atoms with van der Waals surface area (Å²) < 4.78 is 39.1. The smallest absolute Gasteiger partial charge is 0.251 e. The number of nitrogens with one attached hydrogen (secondary N) is 1. The minimum absolute atomic E-state index is 0.0135. The fraction of sp³-hybridized carbons (Fsp3) is 0.235. The van der Waals surface area contributed by atoms with Crippen molar-refractivity contribution in [2.24, 2.45) is 0 Å². The lowest BCUT2D eigenvalue weighted by molar-refractivity contribution is 0.0939. The first-order chi connectivity index (χ1) is 11.6. The molecule has 0 radical (unpaired) electrons. The zero-order chi connectivity index (χ0) is 18.8. The number of amides is 1. The van der Waals surface area contributed by atoms with Crippen LogP contribution in [0.5, 0.6) is 0 Å². The SMILES string of the molecule is C[C@@H](NC(=O)c1ccc(Br)c(S(=O)(=O)N(C)C)c1)c1ccc(F)cc1. The van der Waals surface area contributed by atoms with E-state index in [0.717, 1.165) is 9.87 Å². The summed E-state index contributed by atoms with van der Waals surface area (Å²) in [7, 11) is -0.841. The fourth-order valence-electron chi connectivity index (χ4n) is 2.15. The zero-order valence-electron chi connectivity index (χ0n) is 14.0. The van der Waals surface area contributed by atoms with E-state index >= 15 is 0 Å². The second-order valence-electron chi connectivity index (χ2n) is 5.68. The number of carbonyl (C=O) groups excluding carboxylic acids is 1. The second kappa shape index (κ2) is 7.63. The summed E-state index contributed by atoms with van der Waals surface area (Å²) >= 11 is 3.20. The molecule has 1 amide bonds. The van der Waals surface area contributed by atoms with E-state index in [1.54, 1.807) is 19.1 Å². The van der Waals surface area contributed by atoms with Crippen molar-refractivity contribution in [2.75, 3.05) is 14.1 Å². The molecule has 2 rings (SSSR count). The number of rotatable bonds is 5. The van der Waals surface area contributed by atoms with Gasteiger partial charge in [0.25, 0.3) is 5.91 Å². The third-order valence-corrected chi connectivity index (χ3v) is 6.48. The Bertz CT molecular complexity index is 883. The molecule has 0 saturated carbocycles. The van der Waals surface area contributed by atoms with E-state index in [1.807, 2.05) is 0 Å². The van der Waals surface area contributed by atoms with Crippen molar-refractivity contribution in [3.05, 3.63) is 63.9 Å². The van der Waals surface area contributed by atoms with Gasteiger partial charge < -0.3 is 5.32 Å². The van der Waals surface area contributed by atoms with Gasteiger partial charge in [0, 0.05) is 24.1 Å². The highest BCUT2D eigenvalue weighted by molar-refractivity contribution is 9.10. The predicted molar refractivity (Wildman–Crippen MR) is 97.3 cm³/mol. The molecule has 25 heavy (non-hydrogen) atoms. The van der Waals surface area contributed by atoms with Crippen LogP contribution in [0.3, 0.4) is 0 Å². The molecule has 0 unspecified atom stereocenters. The summed E-state index contributed by atoms with van der Waals surface area (Å²) in [6.07, 6.45) is 0. The van der Waals surface area contributed by atoms with Crippen molar-refractivity contribution in [1.29, 1.82) is 0 Å². The van der Waals surface area contributed by atoms with Gasteiger partial charge in [-0.25, -0.2) is 17.1 Å². The molecule has 5 nitrogen and oxygen atoms in total. The van der Waals surface area contributed by atoms with E-state index in [-0.39, 0.29) is 22.3 Å². The first-order valence-electron chi connectivity index (χ1n) is 7.41. The summed E-state index contributed by atoms with van der Waals surface area (Å²) in [6.45, 7) is 1.77.